The largest absolute Gasteiger partial charge is 0.493 e. The number of pyridine rings is 1. The molecule has 152 valence electrons. The van der Waals surface area contributed by atoms with Gasteiger partial charge in [-0.1, -0.05) is 0 Å². The predicted octanol–water partition coefficient (Wildman–Crippen LogP) is 4.07. The van der Waals surface area contributed by atoms with Gasteiger partial charge in [-0.15, -0.1) is 12.4 Å². The molecule has 1 aromatic heterocycles. The average Bonchev–Trinajstić information content (AvgIpc) is 3.20. The van der Waals surface area contributed by atoms with Crippen molar-refractivity contribution in [1.29, 1.82) is 0 Å². The van der Waals surface area contributed by atoms with E-state index >= 15 is 0 Å². The van der Waals surface area contributed by atoms with E-state index in [1.54, 1.807) is 7.11 Å². The van der Waals surface area contributed by atoms with Crippen LogP contribution in [0.1, 0.15) is 12.5 Å². The second kappa shape index (κ2) is 6.64. The van der Waals surface area contributed by atoms with Crippen molar-refractivity contribution in [2.24, 2.45) is 0 Å². The van der Waals surface area contributed by atoms with Gasteiger partial charge in [0.1, 0.15) is 0 Å². The van der Waals surface area contributed by atoms with Gasteiger partial charge in [0.2, 0.25) is 12.3 Å². The molecule has 4 aromatic rings. The Hall–Kier alpha value is -3.25. The molecule has 6 rings (SSSR count). The van der Waals surface area contributed by atoms with E-state index in [9.17, 15) is 4.79 Å². The van der Waals surface area contributed by atoms with Crippen LogP contribution in [0.15, 0.2) is 36.5 Å². The highest BCUT2D eigenvalue weighted by Crippen LogP contribution is 2.46. The fourth-order valence-electron chi connectivity index (χ4n) is 4.64. The van der Waals surface area contributed by atoms with E-state index < -0.39 is 0 Å². The third-order valence-corrected chi connectivity index (χ3v) is 5.80. The molecule has 0 unspecified atom stereocenters. The summed E-state index contributed by atoms with van der Waals surface area (Å²) in [5, 5.41) is 5.25. The Kier molecular flexibility index (Phi) is 4.15. The van der Waals surface area contributed by atoms with Crippen molar-refractivity contribution in [3.8, 4) is 23.0 Å². The molecule has 3 aromatic carbocycles. The van der Waals surface area contributed by atoms with E-state index in [4.69, 9.17) is 18.9 Å². The standard InChI is InChI=1S/C23H18NO5.ClH/c1-12(25)29-23-17-10-24-8-7-13-9-19-22(28-11-27-19)16-4-3-15(21(24)20(13)16)14(17)5-6-18(23)26-2;/h3-6,9-10H,7-8,11H2,1-2H3;1H/q+1;. The smallest absolute Gasteiger partial charge is 0.308 e. The highest BCUT2D eigenvalue weighted by atomic mass is 35.5. The van der Waals surface area contributed by atoms with E-state index in [1.807, 2.05) is 12.1 Å². The number of fused-ring (bicyclic) bond motifs is 4. The quantitative estimate of drug-likeness (QED) is 0.210. The van der Waals surface area contributed by atoms with Crippen LogP contribution in [0.3, 0.4) is 0 Å². The third kappa shape index (κ3) is 2.43. The molecule has 0 saturated heterocycles. The molecule has 0 bridgehead atoms. The average molecular weight is 425 g/mol. The molecule has 0 spiro atoms. The molecule has 0 saturated carbocycles. The first-order valence-electron chi connectivity index (χ1n) is 9.55. The number of aromatic nitrogens is 1. The maximum absolute atomic E-state index is 11.7. The Morgan fingerprint density at radius 2 is 1.87 bits per heavy atom. The summed E-state index contributed by atoms with van der Waals surface area (Å²) < 4.78 is 24.6. The monoisotopic (exact) mass is 424 g/mol. The lowest BCUT2D eigenvalue weighted by Gasteiger charge is -2.18. The van der Waals surface area contributed by atoms with E-state index in [0.29, 0.717) is 11.5 Å². The summed E-state index contributed by atoms with van der Waals surface area (Å²) >= 11 is 0. The van der Waals surface area contributed by atoms with Gasteiger partial charge in [-0.2, -0.15) is 4.57 Å². The van der Waals surface area contributed by atoms with Crippen LogP contribution in [-0.4, -0.2) is 19.9 Å². The molecule has 3 heterocycles. The summed E-state index contributed by atoms with van der Waals surface area (Å²) in [5.74, 6) is 2.26. The summed E-state index contributed by atoms with van der Waals surface area (Å²) in [6.07, 6.45) is 2.95. The minimum Gasteiger partial charge on any atom is -0.493 e. The fourth-order valence-corrected chi connectivity index (χ4v) is 4.64. The predicted molar refractivity (Wildman–Crippen MR) is 114 cm³/mol. The van der Waals surface area contributed by atoms with Crippen LogP contribution in [-0.2, 0) is 17.8 Å². The lowest BCUT2D eigenvalue weighted by molar-refractivity contribution is -0.670. The van der Waals surface area contributed by atoms with Gasteiger partial charge >= 0.3 is 5.97 Å². The van der Waals surface area contributed by atoms with Crippen molar-refractivity contribution in [3.63, 3.8) is 0 Å². The van der Waals surface area contributed by atoms with Crippen LogP contribution in [0.25, 0.3) is 32.4 Å². The molecule has 2 aliphatic heterocycles. The van der Waals surface area contributed by atoms with Crippen LogP contribution in [0.4, 0.5) is 0 Å². The number of methoxy groups -OCH3 is 1. The molecule has 6 nitrogen and oxygen atoms in total. The summed E-state index contributed by atoms with van der Waals surface area (Å²) in [4.78, 5) is 11.7. The second-order valence-corrected chi connectivity index (χ2v) is 7.38. The minimum atomic E-state index is -0.372. The van der Waals surface area contributed by atoms with E-state index in [0.717, 1.165) is 51.5 Å². The summed E-state index contributed by atoms with van der Waals surface area (Å²) in [6, 6.07) is 10.2. The summed E-state index contributed by atoms with van der Waals surface area (Å²) in [6.45, 7) is 2.49. The number of rotatable bonds is 2. The first-order chi connectivity index (χ1) is 14.2. The molecule has 0 aliphatic carbocycles. The van der Waals surface area contributed by atoms with Crippen molar-refractivity contribution in [2.45, 2.75) is 19.9 Å². The van der Waals surface area contributed by atoms with Gasteiger partial charge in [-0.25, -0.2) is 0 Å². The SMILES string of the molecule is COc1ccc2c(c[n+]3c4c2ccc2c5c(cc(c24)CC3)OCO5)c1OC(C)=O.Cl. The van der Waals surface area contributed by atoms with Gasteiger partial charge in [0.25, 0.3) is 0 Å². The number of nitrogens with zero attached hydrogens (tertiary/aromatic N) is 1. The normalized spacial score (nSPS) is 13.7. The third-order valence-electron chi connectivity index (χ3n) is 5.80. The van der Waals surface area contributed by atoms with E-state index in [-0.39, 0.29) is 25.2 Å². The fraction of sp³-hybridized carbons (Fsp3) is 0.217. The first kappa shape index (κ1) is 18.8. The number of halogens is 1. The molecule has 2 aliphatic rings. The summed E-state index contributed by atoms with van der Waals surface area (Å²) in [7, 11) is 1.58. The molecule has 0 amide bonds. The van der Waals surface area contributed by atoms with Gasteiger partial charge in [0.15, 0.2) is 35.7 Å². The molecule has 0 radical (unpaired) electrons. The number of benzene rings is 3. The zero-order valence-corrected chi connectivity index (χ0v) is 17.3. The number of hydrogen-bond acceptors (Lipinski definition) is 5. The van der Waals surface area contributed by atoms with Crippen LogP contribution < -0.4 is 23.5 Å². The number of ether oxygens (including phenoxy) is 4. The van der Waals surface area contributed by atoms with Crippen LogP contribution >= 0.6 is 12.4 Å². The Labute approximate surface area is 178 Å². The minimum absolute atomic E-state index is 0. The highest BCUT2D eigenvalue weighted by Gasteiger charge is 2.30. The maximum atomic E-state index is 11.7. The van der Waals surface area contributed by atoms with Crippen molar-refractivity contribution in [1.82, 2.24) is 0 Å². The first-order valence-corrected chi connectivity index (χ1v) is 9.55. The molecule has 0 N–H and O–H groups in total. The number of esters is 1. The van der Waals surface area contributed by atoms with Gasteiger partial charge in [-0.05, 0) is 35.9 Å². The summed E-state index contributed by atoms with van der Waals surface area (Å²) in [5.41, 5.74) is 2.43. The van der Waals surface area contributed by atoms with Gasteiger partial charge < -0.3 is 18.9 Å². The number of hydrogen-bond donors (Lipinski definition) is 0. The molecule has 7 heteroatoms. The maximum Gasteiger partial charge on any atom is 0.308 e. The molecule has 0 fully saturated rings. The Morgan fingerprint density at radius 1 is 1.07 bits per heavy atom. The van der Waals surface area contributed by atoms with Crippen molar-refractivity contribution in [3.05, 3.63) is 42.1 Å². The van der Waals surface area contributed by atoms with Gasteiger partial charge in [0.05, 0.1) is 23.3 Å². The molecular formula is C23H19ClNO5+. The number of carbonyl (C=O) groups excluding carboxylic acids is 1. The zero-order valence-electron chi connectivity index (χ0n) is 16.5. The Bertz CT molecular complexity index is 1380. The Balaban J connectivity index is 0.00000193. The lowest BCUT2D eigenvalue weighted by Crippen LogP contribution is -2.38. The lowest BCUT2D eigenvalue weighted by atomic mass is 9.93. The number of aryl methyl sites for hydroxylation is 2. The Morgan fingerprint density at radius 3 is 2.67 bits per heavy atom. The van der Waals surface area contributed by atoms with E-state index in [2.05, 4.69) is 29.0 Å². The second-order valence-electron chi connectivity index (χ2n) is 7.38. The highest BCUT2D eigenvalue weighted by molar-refractivity contribution is 6.17. The van der Waals surface area contributed by atoms with Gasteiger partial charge in [-0.3, -0.25) is 4.79 Å². The van der Waals surface area contributed by atoms with Crippen LogP contribution in [0.5, 0.6) is 23.0 Å². The zero-order chi connectivity index (χ0) is 19.7. The van der Waals surface area contributed by atoms with Crippen LogP contribution in [0.2, 0.25) is 0 Å². The van der Waals surface area contributed by atoms with Crippen molar-refractivity contribution < 1.29 is 28.3 Å². The molecule has 30 heavy (non-hydrogen) atoms. The molecule has 0 atom stereocenters. The van der Waals surface area contributed by atoms with Gasteiger partial charge in [0, 0.05) is 24.1 Å². The van der Waals surface area contributed by atoms with Crippen molar-refractivity contribution >= 4 is 50.8 Å². The van der Waals surface area contributed by atoms with E-state index in [1.165, 1.54) is 17.9 Å². The van der Waals surface area contributed by atoms with Crippen molar-refractivity contribution in [2.75, 3.05) is 13.9 Å². The number of carbonyl (C=O) groups is 1. The van der Waals surface area contributed by atoms with Crippen LogP contribution in [0, 0.1) is 0 Å². The molecular weight excluding hydrogens is 406 g/mol. The topological polar surface area (TPSA) is 57.9 Å².